The number of anilines is 1. The number of pyridine rings is 1. The molecule has 5 aromatic rings. The SMILES string of the molecule is NS(=O)(=O)c1ccc(C2(O)C(=O)N(Cc3ccc4nc(-c5ccccc5)ccc4c3)c3ccccc32)cc1. The Bertz CT molecular complexity index is 1810. The van der Waals surface area contributed by atoms with Crippen molar-refractivity contribution in [2.75, 3.05) is 4.90 Å². The number of carbonyl (C=O) groups is 1. The minimum absolute atomic E-state index is 0.0966. The number of aliphatic hydroxyl groups is 1. The lowest BCUT2D eigenvalue weighted by atomic mass is 9.87. The fraction of sp³-hybridized carbons (Fsp3) is 0.0667. The highest BCUT2D eigenvalue weighted by molar-refractivity contribution is 7.89. The third-order valence-electron chi connectivity index (χ3n) is 6.90. The van der Waals surface area contributed by atoms with E-state index in [1.807, 2.05) is 66.7 Å². The zero-order valence-corrected chi connectivity index (χ0v) is 21.0. The van der Waals surface area contributed by atoms with Gasteiger partial charge in [0.1, 0.15) is 0 Å². The van der Waals surface area contributed by atoms with Crippen LogP contribution in [0.3, 0.4) is 0 Å². The maximum Gasteiger partial charge on any atom is 0.268 e. The zero-order chi connectivity index (χ0) is 26.5. The number of nitrogens with two attached hydrogens (primary N) is 1. The zero-order valence-electron chi connectivity index (χ0n) is 20.2. The molecule has 1 aliphatic heterocycles. The van der Waals surface area contributed by atoms with Gasteiger partial charge in [-0.3, -0.25) is 4.79 Å². The van der Waals surface area contributed by atoms with Crippen LogP contribution in [0.15, 0.2) is 114 Å². The summed E-state index contributed by atoms with van der Waals surface area (Å²) in [5.41, 5.74) is 2.97. The third-order valence-corrected chi connectivity index (χ3v) is 7.83. The molecule has 1 aromatic heterocycles. The van der Waals surface area contributed by atoms with Crippen molar-refractivity contribution in [2.24, 2.45) is 5.14 Å². The Morgan fingerprint density at radius 3 is 2.29 bits per heavy atom. The van der Waals surface area contributed by atoms with Crippen LogP contribution in [0.25, 0.3) is 22.2 Å². The van der Waals surface area contributed by atoms with Gasteiger partial charge in [-0.2, -0.15) is 0 Å². The van der Waals surface area contributed by atoms with Gasteiger partial charge in [0.2, 0.25) is 10.0 Å². The van der Waals surface area contributed by atoms with Crippen LogP contribution in [-0.4, -0.2) is 24.4 Å². The van der Waals surface area contributed by atoms with E-state index < -0.39 is 21.5 Å². The van der Waals surface area contributed by atoms with E-state index in [4.69, 9.17) is 10.1 Å². The van der Waals surface area contributed by atoms with Crippen molar-refractivity contribution >= 4 is 32.5 Å². The molecule has 2 heterocycles. The summed E-state index contributed by atoms with van der Waals surface area (Å²) < 4.78 is 23.4. The number of benzene rings is 4. The number of hydrogen-bond acceptors (Lipinski definition) is 5. The minimum Gasteiger partial charge on any atom is -0.372 e. The molecule has 8 heteroatoms. The number of amides is 1. The average Bonchev–Trinajstić information content (AvgIpc) is 3.15. The summed E-state index contributed by atoms with van der Waals surface area (Å²) in [6, 6.07) is 32.3. The van der Waals surface area contributed by atoms with Crippen molar-refractivity contribution in [1.29, 1.82) is 0 Å². The summed E-state index contributed by atoms with van der Waals surface area (Å²) in [6.45, 7) is 0.240. The van der Waals surface area contributed by atoms with Crippen LogP contribution in [0, 0.1) is 0 Å². The van der Waals surface area contributed by atoms with Crippen molar-refractivity contribution in [3.05, 3.63) is 126 Å². The molecule has 1 aliphatic rings. The molecule has 3 N–H and O–H groups in total. The second-order valence-electron chi connectivity index (χ2n) is 9.28. The number of primary sulfonamides is 1. The van der Waals surface area contributed by atoms with Gasteiger partial charge in [-0.1, -0.05) is 72.8 Å². The molecule has 0 radical (unpaired) electrons. The van der Waals surface area contributed by atoms with E-state index in [2.05, 4.69) is 0 Å². The van der Waals surface area contributed by atoms with Crippen LogP contribution in [0.4, 0.5) is 5.69 Å². The Kier molecular flexibility index (Phi) is 5.61. The molecule has 1 atom stereocenters. The number of hydrogen-bond donors (Lipinski definition) is 2. The Balaban J connectivity index is 1.34. The first-order chi connectivity index (χ1) is 18.2. The number of sulfonamides is 1. The van der Waals surface area contributed by atoms with Gasteiger partial charge >= 0.3 is 0 Å². The molecule has 0 fully saturated rings. The first kappa shape index (κ1) is 24.0. The second-order valence-corrected chi connectivity index (χ2v) is 10.8. The van der Waals surface area contributed by atoms with Crippen molar-refractivity contribution in [3.63, 3.8) is 0 Å². The van der Waals surface area contributed by atoms with Crippen LogP contribution in [0.1, 0.15) is 16.7 Å². The molecule has 38 heavy (non-hydrogen) atoms. The van der Waals surface area contributed by atoms with Gasteiger partial charge in [0, 0.05) is 16.5 Å². The van der Waals surface area contributed by atoms with Crippen molar-refractivity contribution < 1.29 is 18.3 Å². The van der Waals surface area contributed by atoms with Crippen LogP contribution in [0.2, 0.25) is 0 Å². The van der Waals surface area contributed by atoms with Crippen LogP contribution >= 0.6 is 0 Å². The number of aromatic nitrogens is 1. The molecular formula is C30H23N3O4S. The fourth-order valence-corrected chi connectivity index (χ4v) is 5.50. The summed E-state index contributed by atoms with van der Waals surface area (Å²) in [4.78, 5) is 20.0. The van der Waals surface area contributed by atoms with E-state index in [1.54, 1.807) is 23.1 Å². The van der Waals surface area contributed by atoms with Crippen LogP contribution in [0.5, 0.6) is 0 Å². The van der Waals surface area contributed by atoms with Gasteiger partial charge in [-0.25, -0.2) is 18.5 Å². The van der Waals surface area contributed by atoms with Crippen LogP contribution in [-0.2, 0) is 27.0 Å². The summed E-state index contributed by atoms with van der Waals surface area (Å²) in [7, 11) is -3.91. The van der Waals surface area contributed by atoms with E-state index in [9.17, 15) is 18.3 Å². The molecule has 188 valence electrons. The third kappa shape index (κ3) is 3.95. The van der Waals surface area contributed by atoms with E-state index in [0.717, 1.165) is 27.7 Å². The predicted molar refractivity (Wildman–Crippen MR) is 146 cm³/mol. The van der Waals surface area contributed by atoms with Crippen LogP contribution < -0.4 is 10.0 Å². The van der Waals surface area contributed by atoms with Gasteiger partial charge in [-0.15, -0.1) is 0 Å². The Labute approximate surface area is 219 Å². The van der Waals surface area contributed by atoms with E-state index in [1.165, 1.54) is 24.3 Å². The Hall–Kier alpha value is -4.37. The molecular weight excluding hydrogens is 498 g/mol. The molecule has 0 bridgehead atoms. The van der Waals surface area contributed by atoms with Gasteiger partial charge in [0.05, 0.1) is 28.3 Å². The smallest absolute Gasteiger partial charge is 0.268 e. The Morgan fingerprint density at radius 2 is 1.55 bits per heavy atom. The van der Waals surface area contributed by atoms with E-state index in [0.29, 0.717) is 11.3 Å². The molecule has 1 unspecified atom stereocenters. The maximum atomic E-state index is 13.8. The van der Waals surface area contributed by atoms with Gasteiger partial charge < -0.3 is 10.0 Å². The number of nitrogens with zero attached hydrogens (tertiary/aromatic N) is 2. The monoisotopic (exact) mass is 521 g/mol. The first-order valence-corrected chi connectivity index (χ1v) is 13.5. The Morgan fingerprint density at radius 1 is 0.842 bits per heavy atom. The largest absolute Gasteiger partial charge is 0.372 e. The number of fused-ring (bicyclic) bond motifs is 2. The maximum absolute atomic E-state index is 13.8. The molecule has 6 rings (SSSR count). The highest BCUT2D eigenvalue weighted by Gasteiger charge is 2.50. The highest BCUT2D eigenvalue weighted by atomic mass is 32.2. The van der Waals surface area contributed by atoms with Gasteiger partial charge in [0.15, 0.2) is 5.60 Å². The van der Waals surface area contributed by atoms with Gasteiger partial charge in [-0.05, 0) is 47.5 Å². The molecule has 0 saturated carbocycles. The highest BCUT2D eigenvalue weighted by Crippen LogP contribution is 2.45. The van der Waals surface area contributed by atoms with Gasteiger partial charge in [0.25, 0.3) is 5.91 Å². The van der Waals surface area contributed by atoms with Crippen molar-refractivity contribution in [1.82, 2.24) is 4.98 Å². The lowest BCUT2D eigenvalue weighted by Crippen LogP contribution is -2.40. The first-order valence-electron chi connectivity index (χ1n) is 12.0. The normalized spacial score (nSPS) is 17.1. The molecule has 0 aliphatic carbocycles. The lowest BCUT2D eigenvalue weighted by Gasteiger charge is -2.24. The number of para-hydroxylation sites is 1. The summed E-state index contributed by atoms with van der Waals surface area (Å²) in [5.74, 6) is -0.514. The fourth-order valence-electron chi connectivity index (χ4n) is 4.98. The summed E-state index contributed by atoms with van der Waals surface area (Å²) >= 11 is 0. The molecule has 0 spiro atoms. The van der Waals surface area contributed by atoms with E-state index >= 15 is 0 Å². The number of rotatable bonds is 5. The minimum atomic E-state index is -3.91. The standard InChI is InChI=1S/C30H23N3O4S/c31-38(36,37)24-14-12-23(13-15-24)30(35)25-8-4-5-9-28(25)33(29(30)34)19-20-10-16-27-22(18-20)11-17-26(32-27)21-6-2-1-3-7-21/h1-18,35H,19H2,(H2,31,36,37). The van der Waals surface area contributed by atoms with Crippen molar-refractivity contribution in [2.45, 2.75) is 17.0 Å². The quantitative estimate of drug-likeness (QED) is 0.357. The predicted octanol–water partition coefficient (Wildman–Crippen LogP) is 4.33. The average molecular weight is 522 g/mol. The molecule has 1 amide bonds. The van der Waals surface area contributed by atoms with E-state index in [-0.39, 0.29) is 17.0 Å². The number of carbonyl (C=O) groups excluding carboxylic acids is 1. The summed E-state index contributed by atoms with van der Waals surface area (Å²) in [5, 5.41) is 17.9. The summed E-state index contributed by atoms with van der Waals surface area (Å²) in [6.07, 6.45) is 0. The molecule has 0 saturated heterocycles. The van der Waals surface area contributed by atoms with Crippen molar-refractivity contribution in [3.8, 4) is 11.3 Å². The topological polar surface area (TPSA) is 114 Å². The molecule has 4 aromatic carbocycles. The molecule has 7 nitrogen and oxygen atoms in total. The second kappa shape index (κ2) is 8.88. The lowest BCUT2D eigenvalue weighted by molar-refractivity contribution is -0.132.